The summed E-state index contributed by atoms with van der Waals surface area (Å²) in [6.45, 7) is 4.13. The smallest absolute Gasteiger partial charge is 0.0406 e. The number of rotatable bonds is 5. The molecular weight excluding hydrogens is 268 g/mol. The van der Waals surface area contributed by atoms with E-state index in [9.17, 15) is 0 Å². The van der Waals surface area contributed by atoms with Crippen molar-refractivity contribution < 1.29 is 0 Å². The fourth-order valence-corrected chi connectivity index (χ4v) is 2.61. The highest BCUT2D eigenvalue weighted by Crippen LogP contribution is 2.17. The van der Waals surface area contributed by atoms with E-state index in [-0.39, 0.29) is 0 Å². The third-order valence-corrected chi connectivity index (χ3v) is 4.06. The molecule has 0 aromatic heterocycles. The lowest BCUT2D eigenvalue weighted by Crippen LogP contribution is -2.56. The first-order valence-corrected chi connectivity index (χ1v) is 7.42. The van der Waals surface area contributed by atoms with Crippen LogP contribution >= 0.6 is 11.6 Å². The minimum atomic E-state index is 0.630. The monoisotopic (exact) mass is 286 g/mol. The van der Waals surface area contributed by atoms with Crippen LogP contribution in [0.2, 0.25) is 5.02 Å². The molecule has 0 saturated carbocycles. The summed E-state index contributed by atoms with van der Waals surface area (Å²) < 4.78 is 0. The molecule has 0 spiro atoms. The van der Waals surface area contributed by atoms with Crippen LogP contribution in [0.3, 0.4) is 0 Å². The Balaban J connectivity index is 1.71. The van der Waals surface area contributed by atoms with Crippen molar-refractivity contribution in [1.29, 1.82) is 0 Å². The van der Waals surface area contributed by atoms with E-state index in [0.29, 0.717) is 6.04 Å². The van der Waals surface area contributed by atoms with E-state index in [0.717, 1.165) is 31.2 Å². The van der Waals surface area contributed by atoms with E-state index in [4.69, 9.17) is 11.6 Å². The average Bonchev–Trinajstić information content (AvgIpc) is 2.40. The Hall–Kier alpha value is -1.35. The Kier molecular flexibility index (Phi) is 4.36. The SMILES string of the molecule is Clc1ccc(CN(Cc2ccccc2)C2CNC2)cc1. The van der Waals surface area contributed by atoms with Crippen molar-refractivity contribution in [3.05, 3.63) is 70.7 Å². The highest BCUT2D eigenvalue weighted by molar-refractivity contribution is 6.30. The van der Waals surface area contributed by atoms with Gasteiger partial charge in [-0.25, -0.2) is 0 Å². The van der Waals surface area contributed by atoms with E-state index in [2.05, 4.69) is 52.7 Å². The predicted molar refractivity (Wildman–Crippen MR) is 83.8 cm³/mol. The first-order chi connectivity index (χ1) is 9.81. The van der Waals surface area contributed by atoms with Crippen molar-refractivity contribution in [2.45, 2.75) is 19.1 Å². The third-order valence-electron chi connectivity index (χ3n) is 3.80. The molecule has 0 atom stereocenters. The topological polar surface area (TPSA) is 15.3 Å². The molecule has 2 aromatic carbocycles. The summed E-state index contributed by atoms with van der Waals surface area (Å²) in [5.41, 5.74) is 2.69. The number of nitrogens with one attached hydrogen (secondary N) is 1. The first kappa shape index (κ1) is 13.6. The van der Waals surface area contributed by atoms with Crippen LogP contribution in [0.1, 0.15) is 11.1 Å². The second-order valence-corrected chi connectivity index (χ2v) is 5.77. The van der Waals surface area contributed by atoms with E-state index in [1.807, 2.05) is 12.1 Å². The molecule has 0 radical (unpaired) electrons. The Morgan fingerprint density at radius 2 is 1.50 bits per heavy atom. The van der Waals surface area contributed by atoms with Gasteiger partial charge < -0.3 is 5.32 Å². The molecule has 2 aromatic rings. The molecule has 1 heterocycles. The van der Waals surface area contributed by atoms with Crippen LogP contribution in [0.25, 0.3) is 0 Å². The molecule has 3 rings (SSSR count). The number of hydrogen-bond donors (Lipinski definition) is 1. The second kappa shape index (κ2) is 6.40. The van der Waals surface area contributed by atoms with E-state index >= 15 is 0 Å². The largest absolute Gasteiger partial charge is 0.314 e. The summed E-state index contributed by atoms with van der Waals surface area (Å²) in [7, 11) is 0. The summed E-state index contributed by atoms with van der Waals surface area (Å²) in [5, 5.41) is 4.16. The second-order valence-electron chi connectivity index (χ2n) is 5.33. The molecule has 3 heteroatoms. The predicted octanol–water partition coefficient (Wildman–Crippen LogP) is 3.31. The Labute approximate surface area is 125 Å². The summed E-state index contributed by atoms with van der Waals surface area (Å²) in [6.07, 6.45) is 0. The van der Waals surface area contributed by atoms with Crippen LogP contribution in [-0.4, -0.2) is 24.0 Å². The fraction of sp³-hybridized carbons (Fsp3) is 0.294. The fourth-order valence-electron chi connectivity index (χ4n) is 2.49. The van der Waals surface area contributed by atoms with Gasteiger partial charge in [0.2, 0.25) is 0 Å². The van der Waals surface area contributed by atoms with Gasteiger partial charge in [0.1, 0.15) is 0 Å². The van der Waals surface area contributed by atoms with Crippen molar-refractivity contribution >= 4 is 11.6 Å². The van der Waals surface area contributed by atoms with Gasteiger partial charge in [0.15, 0.2) is 0 Å². The Morgan fingerprint density at radius 3 is 2.05 bits per heavy atom. The number of hydrogen-bond acceptors (Lipinski definition) is 2. The zero-order valence-electron chi connectivity index (χ0n) is 11.4. The standard InChI is InChI=1S/C17H19ClN2/c18-16-8-6-15(7-9-16)13-20(17-10-19-11-17)12-14-4-2-1-3-5-14/h1-9,17,19H,10-13H2. The quantitative estimate of drug-likeness (QED) is 0.907. The molecule has 104 valence electrons. The Bertz CT molecular complexity index is 535. The molecule has 1 aliphatic heterocycles. The van der Waals surface area contributed by atoms with Crippen LogP contribution in [0, 0.1) is 0 Å². The summed E-state index contributed by atoms with van der Waals surface area (Å²) >= 11 is 5.96. The molecule has 1 aliphatic rings. The van der Waals surface area contributed by atoms with Crippen molar-refractivity contribution in [1.82, 2.24) is 10.2 Å². The molecule has 20 heavy (non-hydrogen) atoms. The molecule has 1 N–H and O–H groups in total. The number of halogens is 1. The molecule has 2 nitrogen and oxygen atoms in total. The maximum atomic E-state index is 5.96. The molecule has 0 amide bonds. The van der Waals surface area contributed by atoms with Gasteiger partial charge in [-0.1, -0.05) is 54.1 Å². The Morgan fingerprint density at radius 1 is 0.900 bits per heavy atom. The normalized spacial score (nSPS) is 15.3. The zero-order valence-corrected chi connectivity index (χ0v) is 12.2. The molecule has 0 bridgehead atoms. The van der Waals surface area contributed by atoms with Gasteiger partial charge in [0.25, 0.3) is 0 Å². The van der Waals surface area contributed by atoms with Crippen molar-refractivity contribution in [2.24, 2.45) is 0 Å². The van der Waals surface area contributed by atoms with Gasteiger partial charge >= 0.3 is 0 Å². The van der Waals surface area contributed by atoms with E-state index < -0.39 is 0 Å². The van der Waals surface area contributed by atoms with Gasteiger partial charge in [-0.05, 0) is 23.3 Å². The van der Waals surface area contributed by atoms with Gasteiger partial charge in [-0.15, -0.1) is 0 Å². The zero-order chi connectivity index (χ0) is 13.8. The minimum absolute atomic E-state index is 0.630. The van der Waals surface area contributed by atoms with E-state index in [1.165, 1.54) is 11.1 Å². The molecule has 1 saturated heterocycles. The third kappa shape index (κ3) is 3.40. The van der Waals surface area contributed by atoms with Crippen LogP contribution < -0.4 is 5.32 Å². The first-order valence-electron chi connectivity index (χ1n) is 7.04. The van der Waals surface area contributed by atoms with Crippen LogP contribution in [0.15, 0.2) is 54.6 Å². The van der Waals surface area contributed by atoms with Crippen molar-refractivity contribution in [3.63, 3.8) is 0 Å². The van der Waals surface area contributed by atoms with Crippen LogP contribution in [-0.2, 0) is 13.1 Å². The molecular formula is C17H19ClN2. The van der Waals surface area contributed by atoms with Crippen LogP contribution in [0.5, 0.6) is 0 Å². The van der Waals surface area contributed by atoms with Gasteiger partial charge in [-0.3, -0.25) is 4.90 Å². The molecule has 0 aliphatic carbocycles. The van der Waals surface area contributed by atoms with Crippen molar-refractivity contribution in [3.8, 4) is 0 Å². The molecule has 1 fully saturated rings. The van der Waals surface area contributed by atoms with Gasteiger partial charge in [0.05, 0.1) is 0 Å². The highest BCUT2D eigenvalue weighted by atomic mass is 35.5. The summed E-state index contributed by atoms with van der Waals surface area (Å²) in [5.74, 6) is 0. The van der Waals surface area contributed by atoms with Gasteiger partial charge in [-0.2, -0.15) is 0 Å². The summed E-state index contributed by atoms with van der Waals surface area (Å²) in [4.78, 5) is 2.54. The van der Waals surface area contributed by atoms with Crippen LogP contribution in [0.4, 0.5) is 0 Å². The minimum Gasteiger partial charge on any atom is -0.314 e. The highest BCUT2D eigenvalue weighted by Gasteiger charge is 2.24. The summed E-state index contributed by atoms with van der Waals surface area (Å²) in [6, 6.07) is 19.5. The lowest BCUT2D eigenvalue weighted by Gasteiger charge is -2.38. The van der Waals surface area contributed by atoms with Gasteiger partial charge in [0, 0.05) is 37.2 Å². The molecule has 0 unspecified atom stereocenters. The maximum Gasteiger partial charge on any atom is 0.0406 e. The maximum absolute atomic E-state index is 5.96. The number of nitrogens with zero attached hydrogens (tertiary/aromatic N) is 1. The number of benzene rings is 2. The lowest BCUT2D eigenvalue weighted by molar-refractivity contribution is 0.129. The lowest BCUT2D eigenvalue weighted by atomic mass is 10.1. The van der Waals surface area contributed by atoms with E-state index in [1.54, 1.807) is 0 Å². The van der Waals surface area contributed by atoms with Crippen molar-refractivity contribution in [2.75, 3.05) is 13.1 Å². The average molecular weight is 287 g/mol.